The minimum absolute atomic E-state index is 0.0532. The van der Waals surface area contributed by atoms with Crippen LogP contribution in [0.3, 0.4) is 0 Å². The van der Waals surface area contributed by atoms with Gasteiger partial charge in [-0.2, -0.15) is 0 Å². The molecule has 0 amide bonds. The third-order valence-electron chi connectivity index (χ3n) is 3.21. The summed E-state index contributed by atoms with van der Waals surface area (Å²) in [5.41, 5.74) is 0. The highest BCUT2D eigenvalue weighted by Crippen LogP contribution is 2.45. The Labute approximate surface area is 122 Å². The van der Waals surface area contributed by atoms with Crippen LogP contribution >= 0.6 is 7.60 Å². The molecule has 2 unspecified atom stereocenters. The van der Waals surface area contributed by atoms with Gasteiger partial charge in [0, 0.05) is 17.7 Å². The van der Waals surface area contributed by atoms with Gasteiger partial charge in [-0.15, -0.1) is 0 Å². The van der Waals surface area contributed by atoms with Crippen molar-refractivity contribution in [2.45, 2.75) is 65.0 Å². The van der Waals surface area contributed by atoms with Crippen molar-refractivity contribution in [3.05, 3.63) is 11.9 Å². The van der Waals surface area contributed by atoms with Crippen molar-refractivity contribution in [3.8, 4) is 0 Å². The molecular formula is C13H26BO5P. The van der Waals surface area contributed by atoms with Gasteiger partial charge in [0.15, 0.2) is 0 Å². The van der Waals surface area contributed by atoms with E-state index < -0.39 is 7.60 Å². The molecule has 0 aromatic carbocycles. The maximum atomic E-state index is 11.8. The Bertz CT molecular complexity index is 385. The maximum Gasteiger partial charge on any atom is 0.351 e. The third kappa shape index (κ3) is 5.34. The molecule has 1 heterocycles. The lowest BCUT2D eigenvalue weighted by molar-refractivity contribution is -0.0318. The van der Waals surface area contributed by atoms with E-state index >= 15 is 0 Å². The normalized spacial score (nSPS) is 34.2. The van der Waals surface area contributed by atoms with E-state index in [1.165, 1.54) is 5.82 Å². The summed E-state index contributed by atoms with van der Waals surface area (Å²) in [7, 11) is -1.73. The van der Waals surface area contributed by atoms with Crippen molar-refractivity contribution in [2.24, 2.45) is 5.92 Å². The van der Waals surface area contributed by atoms with E-state index in [0.29, 0.717) is 0 Å². The second kappa shape index (κ2) is 7.23. The highest BCUT2D eigenvalue weighted by atomic mass is 31.2. The Morgan fingerprint density at radius 1 is 1.30 bits per heavy atom. The first kappa shape index (κ1) is 17.9. The Balaban J connectivity index is 2.76. The van der Waals surface area contributed by atoms with E-state index in [1.54, 1.807) is 19.9 Å². The van der Waals surface area contributed by atoms with Crippen LogP contribution in [0.15, 0.2) is 11.9 Å². The molecule has 0 bridgehead atoms. The fourth-order valence-electron chi connectivity index (χ4n) is 2.22. The number of ether oxygens (including phenoxy) is 2. The standard InChI is InChI=1S/C13H26BO5P/c1-8(2)17-12-10(5)13(14)18-11(12)6-7-20(15,16)19-9(3)4/h6-13H,14H2,1-5H3,(H,15,16)/b7-6+/t10-,11+,12?,13+/m0/s1. The predicted molar refractivity (Wildman–Crippen MR) is 81.6 cm³/mol. The highest BCUT2D eigenvalue weighted by molar-refractivity contribution is 7.56. The first-order valence-electron chi connectivity index (χ1n) is 7.13. The molecule has 0 aromatic rings. The Morgan fingerprint density at radius 3 is 2.40 bits per heavy atom. The van der Waals surface area contributed by atoms with Crippen LogP contribution in [0.25, 0.3) is 0 Å². The molecule has 1 rings (SSSR count). The molecule has 0 aromatic heterocycles. The zero-order valence-corrected chi connectivity index (χ0v) is 14.0. The van der Waals surface area contributed by atoms with Crippen LogP contribution in [-0.2, 0) is 18.6 Å². The van der Waals surface area contributed by atoms with Crippen molar-refractivity contribution >= 4 is 15.4 Å². The zero-order valence-electron chi connectivity index (χ0n) is 13.1. The minimum Gasteiger partial charge on any atom is -0.377 e. The van der Waals surface area contributed by atoms with Crippen LogP contribution in [0.5, 0.6) is 0 Å². The summed E-state index contributed by atoms with van der Waals surface area (Å²) < 4.78 is 28.5. The summed E-state index contributed by atoms with van der Waals surface area (Å²) >= 11 is 0. The summed E-state index contributed by atoms with van der Waals surface area (Å²) in [6.45, 7) is 9.44. The molecule has 0 spiro atoms. The monoisotopic (exact) mass is 304 g/mol. The van der Waals surface area contributed by atoms with Gasteiger partial charge in [0.1, 0.15) is 14.0 Å². The van der Waals surface area contributed by atoms with E-state index in [0.717, 1.165) is 0 Å². The summed E-state index contributed by atoms with van der Waals surface area (Å²) in [6, 6.07) is 0.0532. The average molecular weight is 304 g/mol. The quantitative estimate of drug-likeness (QED) is 0.600. The van der Waals surface area contributed by atoms with Crippen molar-refractivity contribution < 1.29 is 23.5 Å². The predicted octanol–water partition coefficient (Wildman–Crippen LogP) is 1.90. The number of hydrogen-bond donors (Lipinski definition) is 1. The molecule has 1 aliphatic rings. The van der Waals surface area contributed by atoms with Gasteiger partial charge in [0.25, 0.3) is 0 Å². The second-order valence-electron chi connectivity index (χ2n) is 5.87. The van der Waals surface area contributed by atoms with Gasteiger partial charge in [0.2, 0.25) is 0 Å². The summed E-state index contributed by atoms with van der Waals surface area (Å²) in [5, 5.41) is 0. The van der Waals surface area contributed by atoms with Gasteiger partial charge >= 0.3 is 7.60 Å². The Kier molecular flexibility index (Phi) is 6.48. The summed E-state index contributed by atoms with van der Waals surface area (Å²) in [4.78, 5) is 9.70. The van der Waals surface area contributed by atoms with Gasteiger partial charge in [-0.1, -0.05) is 6.92 Å². The van der Waals surface area contributed by atoms with E-state index in [1.807, 2.05) is 21.7 Å². The molecule has 116 valence electrons. The summed E-state index contributed by atoms with van der Waals surface area (Å²) in [5.74, 6) is 1.44. The van der Waals surface area contributed by atoms with Crippen LogP contribution in [0.2, 0.25) is 0 Å². The lowest BCUT2D eigenvalue weighted by atomic mass is 9.86. The summed E-state index contributed by atoms with van der Waals surface area (Å²) in [6.07, 6.45) is 0.940. The van der Waals surface area contributed by atoms with Crippen LogP contribution < -0.4 is 0 Å². The average Bonchev–Trinajstić information content (AvgIpc) is 2.52. The smallest absolute Gasteiger partial charge is 0.351 e. The van der Waals surface area contributed by atoms with E-state index in [2.05, 4.69) is 6.92 Å². The lowest BCUT2D eigenvalue weighted by Crippen LogP contribution is -2.30. The molecule has 1 saturated heterocycles. The van der Waals surface area contributed by atoms with Gasteiger partial charge < -0.3 is 18.9 Å². The van der Waals surface area contributed by atoms with Crippen LogP contribution in [0, 0.1) is 5.92 Å². The Hall–Kier alpha value is -0.125. The molecule has 5 atom stereocenters. The highest BCUT2D eigenvalue weighted by Gasteiger charge is 2.39. The van der Waals surface area contributed by atoms with Crippen molar-refractivity contribution in [1.82, 2.24) is 0 Å². The van der Waals surface area contributed by atoms with Crippen LogP contribution in [0.1, 0.15) is 34.6 Å². The maximum absolute atomic E-state index is 11.8. The fourth-order valence-corrected chi connectivity index (χ4v) is 3.28. The zero-order chi connectivity index (χ0) is 15.5. The topological polar surface area (TPSA) is 65.0 Å². The Morgan fingerprint density at radius 2 is 1.90 bits per heavy atom. The van der Waals surface area contributed by atoms with Gasteiger partial charge in [0.05, 0.1) is 18.3 Å². The first-order valence-corrected chi connectivity index (χ1v) is 8.78. The van der Waals surface area contributed by atoms with Crippen LogP contribution in [-0.4, -0.2) is 43.2 Å². The van der Waals surface area contributed by atoms with Gasteiger partial charge in [-0.3, -0.25) is 4.57 Å². The van der Waals surface area contributed by atoms with Gasteiger partial charge in [-0.25, -0.2) is 0 Å². The van der Waals surface area contributed by atoms with Gasteiger partial charge in [-0.05, 0) is 33.8 Å². The SMILES string of the molecule is B[C@@H]1O[C@H](/C=C/P(=O)(O)OC(C)C)C(OC(C)C)[C@@H]1C. The number of rotatable bonds is 6. The largest absolute Gasteiger partial charge is 0.377 e. The molecule has 0 saturated carbocycles. The van der Waals surface area contributed by atoms with E-state index in [4.69, 9.17) is 14.0 Å². The van der Waals surface area contributed by atoms with Crippen molar-refractivity contribution in [2.75, 3.05) is 0 Å². The van der Waals surface area contributed by atoms with Crippen molar-refractivity contribution in [3.63, 3.8) is 0 Å². The van der Waals surface area contributed by atoms with Crippen molar-refractivity contribution in [1.29, 1.82) is 0 Å². The third-order valence-corrected chi connectivity index (χ3v) is 4.48. The van der Waals surface area contributed by atoms with Crippen LogP contribution in [0.4, 0.5) is 0 Å². The first-order chi connectivity index (χ1) is 9.12. The molecule has 20 heavy (non-hydrogen) atoms. The molecule has 0 aliphatic carbocycles. The molecule has 0 radical (unpaired) electrons. The molecule has 7 heteroatoms. The number of hydrogen-bond acceptors (Lipinski definition) is 4. The molecule has 1 aliphatic heterocycles. The lowest BCUT2D eigenvalue weighted by Gasteiger charge is -2.22. The molecule has 5 nitrogen and oxygen atoms in total. The molecule has 1 fully saturated rings. The molecule has 1 N–H and O–H groups in total. The minimum atomic E-state index is -3.72. The van der Waals surface area contributed by atoms with E-state index in [-0.39, 0.29) is 36.3 Å². The second-order valence-corrected chi connectivity index (χ2v) is 7.51. The fraction of sp³-hybridized carbons (Fsp3) is 0.846. The van der Waals surface area contributed by atoms with E-state index in [9.17, 15) is 9.46 Å². The molecular weight excluding hydrogens is 278 g/mol.